The fourth-order valence-corrected chi connectivity index (χ4v) is 3.47. The van der Waals surface area contributed by atoms with Gasteiger partial charge in [0.05, 0.1) is 5.69 Å². The maximum atomic E-state index is 13.3. The first-order valence-corrected chi connectivity index (χ1v) is 7.69. The third kappa shape index (κ3) is 2.89. The first-order chi connectivity index (χ1) is 9.61. The average Bonchev–Trinajstić information content (AvgIpc) is 2.79. The van der Waals surface area contributed by atoms with Crippen LogP contribution in [0.1, 0.15) is 20.9 Å². The highest BCUT2D eigenvalue weighted by molar-refractivity contribution is 9.10. The number of anilines is 1. The molecule has 0 aliphatic carbocycles. The van der Waals surface area contributed by atoms with Gasteiger partial charge in [0.15, 0.2) is 5.13 Å². The van der Waals surface area contributed by atoms with Gasteiger partial charge in [-0.2, -0.15) is 0 Å². The summed E-state index contributed by atoms with van der Waals surface area (Å²) in [5.41, 5.74) is 1.30. The van der Waals surface area contributed by atoms with Crippen LogP contribution in [0.3, 0.4) is 0 Å². The van der Waals surface area contributed by atoms with Crippen LogP contribution in [-0.2, 0) is 13.0 Å². The SMILES string of the molecule is O=C(Nc1nc2c(s1)CNCC2)c1cc(F)cc(Br)c1. The molecule has 2 aromatic rings. The van der Waals surface area contributed by atoms with Crippen molar-refractivity contribution in [2.24, 2.45) is 0 Å². The van der Waals surface area contributed by atoms with Crippen molar-refractivity contribution in [2.45, 2.75) is 13.0 Å². The molecular weight excluding hydrogens is 345 g/mol. The monoisotopic (exact) mass is 355 g/mol. The van der Waals surface area contributed by atoms with Gasteiger partial charge in [0.2, 0.25) is 0 Å². The second-order valence-electron chi connectivity index (χ2n) is 4.43. The van der Waals surface area contributed by atoms with Gasteiger partial charge in [-0.1, -0.05) is 15.9 Å². The maximum absolute atomic E-state index is 13.3. The molecule has 7 heteroatoms. The number of carbonyl (C=O) groups is 1. The third-order valence-corrected chi connectivity index (χ3v) is 4.42. The van der Waals surface area contributed by atoms with Crippen LogP contribution in [-0.4, -0.2) is 17.4 Å². The Hall–Kier alpha value is -1.31. The van der Waals surface area contributed by atoms with Gasteiger partial charge in [0, 0.05) is 34.4 Å². The Morgan fingerprint density at radius 2 is 2.30 bits per heavy atom. The largest absolute Gasteiger partial charge is 0.311 e. The summed E-state index contributed by atoms with van der Waals surface area (Å²) in [5.74, 6) is -0.809. The zero-order valence-corrected chi connectivity index (χ0v) is 12.8. The van der Waals surface area contributed by atoms with E-state index in [2.05, 4.69) is 31.5 Å². The molecule has 0 unspecified atom stereocenters. The molecule has 0 fully saturated rings. The van der Waals surface area contributed by atoms with E-state index in [9.17, 15) is 9.18 Å². The Kier molecular flexibility index (Phi) is 3.82. The average molecular weight is 356 g/mol. The normalized spacial score (nSPS) is 13.9. The van der Waals surface area contributed by atoms with E-state index in [1.54, 1.807) is 6.07 Å². The molecule has 1 aliphatic rings. The molecule has 2 N–H and O–H groups in total. The van der Waals surface area contributed by atoms with Gasteiger partial charge in [0.1, 0.15) is 5.82 Å². The van der Waals surface area contributed by atoms with Gasteiger partial charge >= 0.3 is 0 Å². The van der Waals surface area contributed by atoms with Crippen LogP contribution >= 0.6 is 27.3 Å². The molecule has 3 rings (SSSR count). The molecule has 0 saturated carbocycles. The summed E-state index contributed by atoms with van der Waals surface area (Å²) in [6, 6.07) is 4.09. The number of rotatable bonds is 2. The van der Waals surface area contributed by atoms with Crippen LogP contribution in [0.5, 0.6) is 0 Å². The fourth-order valence-electron chi connectivity index (χ4n) is 2.03. The number of nitrogens with zero attached hydrogens (tertiary/aromatic N) is 1. The minimum atomic E-state index is -0.452. The fraction of sp³-hybridized carbons (Fsp3) is 0.231. The standard InChI is InChI=1S/C13H11BrFN3OS/c14-8-3-7(4-9(15)5-8)12(19)18-13-17-10-1-2-16-6-11(10)20-13/h3-5,16H,1-2,6H2,(H,17,18,19). The van der Waals surface area contributed by atoms with E-state index in [-0.39, 0.29) is 11.5 Å². The quantitative estimate of drug-likeness (QED) is 0.870. The van der Waals surface area contributed by atoms with E-state index < -0.39 is 5.82 Å². The molecule has 1 aromatic carbocycles. The van der Waals surface area contributed by atoms with Crippen molar-refractivity contribution < 1.29 is 9.18 Å². The van der Waals surface area contributed by atoms with Crippen molar-refractivity contribution in [2.75, 3.05) is 11.9 Å². The third-order valence-electron chi connectivity index (χ3n) is 2.95. The summed E-state index contributed by atoms with van der Waals surface area (Å²) >= 11 is 4.63. The lowest BCUT2D eigenvalue weighted by Gasteiger charge is -2.09. The molecule has 0 spiro atoms. The van der Waals surface area contributed by atoms with Crippen molar-refractivity contribution >= 4 is 38.3 Å². The molecule has 104 valence electrons. The van der Waals surface area contributed by atoms with E-state index in [1.165, 1.54) is 23.5 Å². The van der Waals surface area contributed by atoms with Crippen molar-refractivity contribution in [3.63, 3.8) is 0 Å². The number of fused-ring (bicyclic) bond motifs is 1. The van der Waals surface area contributed by atoms with E-state index in [0.717, 1.165) is 30.1 Å². The zero-order chi connectivity index (χ0) is 14.1. The minimum absolute atomic E-state index is 0.267. The van der Waals surface area contributed by atoms with Gasteiger partial charge in [-0.3, -0.25) is 10.1 Å². The molecule has 4 nitrogen and oxygen atoms in total. The number of benzene rings is 1. The Bertz CT molecular complexity index is 630. The van der Waals surface area contributed by atoms with Gasteiger partial charge in [-0.05, 0) is 18.2 Å². The van der Waals surface area contributed by atoms with E-state index in [0.29, 0.717) is 9.60 Å². The smallest absolute Gasteiger partial charge is 0.257 e. The molecule has 2 heterocycles. The predicted octanol–water partition coefficient (Wildman–Crippen LogP) is 2.94. The Morgan fingerprint density at radius 1 is 1.45 bits per heavy atom. The first kappa shape index (κ1) is 13.7. The van der Waals surface area contributed by atoms with Crippen molar-refractivity contribution in [3.05, 3.63) is 44.6 Å². The highest BCUT2D eigenvalue weighted by Crippen LogP contribution is 2.26. The molecule has 20 heavy (non-hydrogen) atoms. The van der Waals surface area contributed by atoms with Crippen LogP contribution < -0.4 is 10.6 Å². The lowest BCUT2D eigenvalue weighted by atomic mass is 10.2. The number of nitrogens with one attached hydrogen (secondary N) is 2. The van der Waals surface area contributed by atoms with Crippen molar-refractivity contribution in [3.8, 4) is 0 Å². The molecule has 1 aliphatic heterocycles. The molecule has 0 atom stereocenters. The Balaban J connectivity index is 1.80. The predicted molar refractivity (Wildman–Crippen MR) is 79.6 cm³/mol. The van der Waals surface area contributed by atoms with Crippen LogP contribution in [0.4, 0.5) is 9.52 Å². The number of aromatic nitrogens is 1. The number of thiazole rings is 1. The van der Waals surface area contributed by atoms with Crippen LogP contribution in [0, 0.1) is 5.82 Å². The second kappa shape index (κ2) is 5.59. The van der Waals surface area contributed by atoms with Gasteiger partial charge in [-0.15, -0.1) is 11.3 Å². The number of hydrogen-bond donors (Lipinski definition) is 2. The second-order valence-corrected chi connectivity index (χ2v) is 6.43. The minimum Gasteiger partial charge on any atom is -0.311 e. The molecule has 0 bridgehead atoms. The first-order valence-electron chi connectivity index (χ1n) is 6.08. The van der Waals surface area contributed by atoms with E-state index >= 15 is 0 Å². The van der Waals surface area contributed by atoms with E-state index in [4.69, 9.17) is 0 Å². The van der Waals surface area contributed by atoms with Crippen LogP contribution in [0.25, 0.3) is 0 Å². The number of halogens is 2. The number of hydrogen-bond acceptors (Lipinski definition) is 4. The molecule has 0 radical (unpaired) electrons. The molecule has 1 amide bonds. The van der Waals surface area contributed by atoms with Crippen LogP contribution in [0.15, 0.2) is 22.7 Å². The van der Waals surface area contributed by atoms with Gasteiger partial charge < -0.3 is 5.32 Å². The lowest BCUT2D eigenvalue weighted by Crippen LogP contribution is -2.22. The van der Waals surface area contributed by atoms with Crippen LogP contribution in [0.2, 0.25) is 0 Å². The Labute approximate surface area is 127 Å². The highest BCUT2D eigenvalue weighted by atomic mass is 79.9. The van der Waals surface area contributed by atoms with Crippen molar-refractivity contribution in [1.82, 2.24) is 10.3 Å². The van der Waals surface area contributed by atoms with Gasteiger partial charge in [0.25, 0.3) is 5.91 Å². The lowest BCUT2D eigenvalue weighted by molar-refractivity contribution is 0.102. The summed E-state index contributed by atoms with van der Waals surface area (Å²) in [5, 5.41) is 6.54. The Morgan fingerprint density at radius 3 is 3.05 bits per heavy atom. The summed E-state index contributed by atoms with van der Waals surface area (Å²) in [7, 11) is 0. The van der Waals surface area contributed by atoms with Crippen molar-refractivity contribution in [1.29, 1.82) is 0 Å². The maximum Gasteiger partial charge on any atom is 0.257 e. The number of amides is 1. The number of carbonyl (C=O) groups excluding carboxylic acids is 1. The summed E-state index contributed by atoms with van der Waals surface area (Å²) in [6.07, 6.45) is 0.868. The highest BCUT2D eigenvalue weighted by Gasteiger charge is 2.17. The summed E-state index contributed by atoms with van der Waals surface area (Å²) in [6.45, 7) is 1.69. The molecule has 1 aromatic heterocycles. The molecular formula is C13H11BrFN3OS. The summed E-state index contributed by atoms with van der Waals surface area (Å²) < 4.78 is 13.8. The zero-order valence-electron chi connectivity index (χ0n) is 10.4. The molecule has 0 saturated heterocycles. The van der Waals surface area contributed by atoms with Gasteiger partial charge in [-0.25, -0.2) is 9.37 Å². The van der Waals surface area contributed by atoms with E-state index in [1.807, 2.05) is 0 Å². The topological polar surface area (TPSA) is 54.0 Å². The summed E-state index contributed by atoms with van der Waals surface area (Å²) in [4.78, 5) is 17.6.